The highest BCUT2D eigenvalue weighted by atomic mass is 32.2. The molecule has 0 spiro atoms. The zero-order chi connectivity index (χ0) is 19.6. The third-order valence-electron chi connectivity index (χ3n) is 6.26. The smallest absolute Gasteiger partial charge is 0.240 e. The molecule has 0 bridgehead atoms. The van der Waals surface area contributed by atoms with Crippen LogP contribution in [0.25, 0.3) is 11.1 Å². The van der Waals surface area contributed by atoms with Crippen LogP contribution in [0.2, 0.25) is 0 Å². The summed E-state index contributed by atoms with van der Waals surface area (Å²) in [6.45, 7) is 4.67. The minimum atomic E-state index is -3.40. The summed E-state index contributed by atoms with van der Waals surface area (Å²) in [5.74, 6) is 0. The maximum atomic E-state index is 12.4. The fourth-order valence-corrected chi connectivity index (χ4v) is 5.41. The van der Waals surface area contributed by atoms with Crippen molar-refractivity contribution in [2.45, 2.75) is 62.4 Å². The number of nitrogens with zero attached hydrogens (tertiary/aromatic N) is 1. The first kappa shape index (κ1) is 19.6. The first-order valence-electron chi connectivity index (χ1n) is 10.5. The molecule has 0 radical (unpaired) electrons. The number of hydrogen-bond donors (Lipinski definition) is 1. The summed E-state index contributed by atoms with van der Waals surface area (Å²) in [5.41, 5.74) is 3.52. The third kappa shape index (κ3) is 4.48. The summed E-state index contributed by atoms with van der Waals surface area (Å²) in [6.07, 6.45) is 6.72. The van der Waals surface area contributed by atoms with Gasteiger partial charge in [0.1, 0.15) is 0 Å². The van der Waals surface area contributed by atoms with Gasteiger partial charge in [0, 0.05) is 18.6 Å². The highest BCUT2D eigenvalue weighted by Gasteiger charge is 2.24. The van der Waals surface area contributed by atoms with Crippen LogP contribution in [0.1, 0.15) is 44.6 Å². The van der Waals surface area contributed by atoms with Crippen LogP contribution in [0.5, 0.6) is 0 Å². The van der Waals surface area contributed by atoms with Crippen molar-refractivity contribution in [3.63, 3.8) is 0 Å². The van der Waals surface area contributed by atoms with Gasteiger partial charge < -0.3 is 4.90 Å². The lowest BCUT2D eigenvalue weighted by molar-refractivity contribution is 0.272. The maximum absolute atomic E-state index is 12.4. The van der Waals surface area contributed by atoms with Crippen LogP contribution in [-0.4, -0.2) is 38.5 Å². The Morgan fingerprint density at radius 1 is 0.929 bits per heavy atom. The number of sulfonamides is 1. The van der Waals surface area contributed by atoms with E-state index in [0.29, 0.717) is 10.9 Å². The Bertz CT molecular complexity index is 887. The molecular weight excluding hydrogens is 368 g/mol. The van der Waals surface area contributed by atoms with Crippen LogP contribution in [0.4, 0.5) is 0 Å². The Hall–Kier alpha value is -1.69. The number of hydrogen-bond acceptors (Lipinski definition) is 3. The highest BCUT2D eigenvalue weighted by molar-refractivity contribution is 7.89. The molecular formula is C23H30N2O2S. The second-order valence-electron chi connectivity index (χ2n) is 8.25. The predicted molar refractivity (Wildman–Crippen MR) is 114 cm³/mol. The number of rotatable bonds is 7. The summed E-state index contributed by atoms with van der Waals surface area (Å²) in [7, 11) is -3.40. The molecule has 0 aromatic heterocycles. The first-order valence-corrected chi connectivity index (χ1v) is 12.0. The van der Waals surface area contributed by atoms with E-state index in [4.69, 9.17) is 0 Å². The van der Waals surface area contributed by atoms with Crippen LogP contribution < -0.4 is 4.72 Å². The zero-order valence-corrected chi connectivity index (χ0v) is 17.4. The summed E-state index contributed by atoms with van der Waals surface area (Å²) >= 11 is 0. The molecule has 5 heteroatoms. The second-order valence-corrected chi connectivity index (χ2v) is 9.96. The molecule has 1 aliphatic heterocycles. The Kier molecular flexibility index (Phi) is 5.85. The summed E-state index contributed by atoms with van der Waals surface area (Å²) in [6, 6.07) is 16.7. The first-order chi connectivity index (χ1) is 13.5. The van der Waals surface area contributed by atoms with Crippen molar-refractivity contribution in [1.29, 1.82) is 0 Å². The average molecular weight is 399 g/mol. The molecule has 2 fully saturated rings. The van der Waals surface area contributed by atoms with Crippen molar-refractivity contribution in [3.05, 3.63) is 54.1 Å². The molecule has 4 nitrogen and oxygen atoms in total. The predicted octanol–water partition coefficient (Wildman–Crippen LogP) is 4.21. The standard InChI is InChI=1S/C23H30N2O2S/c1-18-4-3-16-25(18)17-15-19-7-9-20(10-8-19)21-11-13-23(14-12-21)28(26,27)24-22-5-2-6-22/h7-14,18,22,24H,2-6,15-17H2,1H3/t18-/m1/s1. The van der Waals surface area contributed by atoms with Crippen molar-refractivity contribution in [3.8, 4) is 11.1 Å². The van der Waals surface area contributed by atoms with Gasteiger partial charge in [-0.3, -0.25) is 0 Å². The lowest BCUT2D eigenvalue weighted by atomic mass is 9.94. The van der Waals surface area contributed by atoms with E-state index in [0.717, 1.165) is 43.4 Å². The van der Waals surface area contributed by atoms with Gasteiger partial charge in [0.05, 0.1) is 4.90 Å². The van der Waals surface area contributed by atoms with Crippen molar-refractivity contribution < 1.29 is 8.42 Å². The number of nitrogens with one attached hydrogen (secondary N) is 1. The van der Waals surface area contributed by atoms with Gasteiger partial charge in [0.2, 0.25) is 10.0 Å². The summed E-state index contributed by atoms with van der Waals surface area (Å²) in [4.78, 5) is 2.92. The van der Waals surface area contributed by atoms with E-state index < -0.39 is 10.0 Å². The molecule has 4 rings (SSSR count). The van der Waals surface area contributed by atoms with Gasteiger partial charge in [0.15, 0.2) is 0 Å². The topological polar surface area (TPSA) is 49.4 Å². The molecule has 28 heavy (non-hydrogen) atoms. The van der Waals surface area contributed by atoms with Crippen LogP contribution in [0, 0.1) is 0 Å². The maximum Gasteiger partial charge on any atom is 0.240 e. The van der Waals surface area contributed by atoms with E-state index in [9.17, 15) is 8.42 Å². The van der Waals surface area contributed by atoms with Crippen molar-refractivity contribution >= 4 is 10.0 Å². The Balaban J connectivity index is 1.38. The van der Waals surface area contributed by atoms with E-state index in [1.807, 2.05) is 12.1 Å². The largest absolute Gasteiger partial charge is 0.300 e. The minimum Gasteiger partial charge on any atom is -0.300 e. The molecule has 1 saturated carbocycles. The van der Waals surface area contributed by atoms with E-state index in [2.05, 4.69) is 40.8 Å². The quantitative estimate of drug-likeness (QED) is 0.760. The van der Waals surface area contributed by atoms with Gasteiger partial charge >= 0.3 is 0 Å². The van der Waals surface area contributed by atoms with Gasteiger partial charge in [-0.05, 0) is 74.4 Å². The van der Waals surface area contributed by atoms with Crippen LogP contribution in [0.15, 0.2) is 53.4 Å². The van der Waals surface area contributed by atoms with Crippen molar-refractivity contribution in [2.24, 2.45) is 0 Å². The van der Waals surface area contributed by atoms with E-state index in [1.54, 1.807) is 12.1 Å². The molecule has 2 aliphatic rings. The van der Waals surface area contributed by atoms with Gasteiger partial charge in [-0.2, -0.15) is 0 Å². The molecule has 1 N–H and O–H groups in total. The summed E-state index contributed by atoms with van der Waals surface area (Å²) in [5, 5.41) is 0. The molecule has 1 atom stereocenters. The van der Waals surface area contributed by atoms with Gasteiger partial charge in [-0.1, -0.05) is 42.8 Å². The molecule has 1 saturated heterocycles. The molecule has 2 aromatic rings. The lowest BCUT2D eigenvalue weighted by Crippen LogP contribution is -2.39. The molecule has 1 heterocycles. The minimum absolute atomic E-state index is 0.112. The molecule has 0 amide bonds. The summed E-state index contributed by atoms with van der Waals surface area (Å²) < 4.78 is 27.6. The number of benzene rings is 2. The van der Waals surface area contributed by atoms with Crippen molar-refractivity contribution in [1.82, 2.24) is 9.62 Å². The average Bonchev–Trinajstić information content (AvgIpc) is 3.09. The van der Waals surface area contributed by atoms with Crippen LogP contribution >= 0.6 is 0 Å². The number of likely N-dealkylation sites (tertiary alicyclic amines) is 1. The van der Waals surface area contributed by atoms with Crippen molar-refractivity contribution in [2.75, 3.05) is 13.1 Å². The Morgan fingerprint density at radius 2 is 1.57 bits per heavy atom. The Morgan fingerprint density at radius 3 is 2.11 bits per heavy atom. The highest BCUT2D eigenvalue weighted by Crippen LogP contribution is 2.24. The van der Waals surface area contributed by atoms with E-state index >= 15 is 0 Å². The fraction of sp³-hybridized carbons (Fsp3) is 0.478. The van der Waals surface area contributed by atoms with E-state index in [1.165, 1.54) is 24.9 Å². The molecule has 1 aliphatic carbocycles. The fourth-order valence-electron chi connectivity index (χ4n) is 4.10. The molecule has 0 unspecified atom stereocenters. The molecule has 2 aromatic carbocycles. The Labute approximate surface area is 169 Å². The van der Waals surface area contributed by atoms with Crippen LogP contribution in [0.3, 0.4) is 0 Å². The third-order valence-corrected chi connectivity index (χ3v) is 7.79. The lowest BCUT2D eigenvalue weighted by Gasteiger charge is -2.26. The molecule has 150 valence electrons. The van der Waals surface area contributed by atoms with E-state index in [-0.39, 0.29) is 6.04 Å². The van der Waals surface area contributed by atoms with Gasteiger partial charge in [0.25, 0.3) is 0 Å². The SMILES string of the molecule is C[C@@H]1CCCN1CCc1ccc(-c2ccc(S(=O)(=O)NC3CCC3)cc2)cc1. The monoisotopic (exact) mass is 398 g/mol. The van der Waals surface area contributed by atoms with Gasteiger partial charge in [-0.15, -0.1) is 0 Å². The zero-order valence-electron chi connectivity index (χ0n) is 16.6. The van der Waals surface area contributed by atoms with Crippen LogP contribution in [-0.2, 0) is 16.4 Å². The normalized spacial score (nSPS) is 21.0. The van der Waals surface area contributed by atoms with Gasteiger partial charge in [-0.25, -0.2) is 13.1 Å². The second kappa shape index (κ2) is 8.36.